The van der Waals surface area contributed by atoms with Gasteiger partial charge in [0, 0.05) is 11.4 Å². The van der Waals surface area contributed by atoms with E-state index < -0.39 is 0 Å². The summed E-state index contributed by atoms with van der Waals surface area (Å²) in [6, 6.07) is 9.99. The summed E-state index contributed by atoms with van der Waals surface area (Å²) in [5.74, 6) is 0. The van der Waals surface area contributed by atoms with E-state index in [1.165, 1.54) is 11.3 Å². The molecule has 1 aromatic heterocycles. The lowest BCUT2D eigenvalue weighted by molar-refractivity contribution is 0.721. The first-order chi connectivity index (χ1) is 8.31. The van der Waals surface area contributed by atoms with E-state index in [1.807, 2.05) is 30.3 Å². The first-order valence-electron chi connectivity index (χ1n) is 5.79. The first kappa shape index (κ1) is 12.1. The van der Waals surface area contributed by atoms with Crippen LogP contribution < -0.4 is 10.2 Å². The van der Waals surface area contributed by atoms with Gasteiger partial charge in [-0.25, -0.2) is 0 Å². The third-order valence-electron chi connectivity index (χ3n) is 2.56. The highest BCUT2D eigenvalue weighted by Gasteiger charge is 2.09. The predicted octanol–water partition coefficient (Wildman–Crippen LogP) is 2.26. The minimum absolute atomic E-state index is 0.0235. The molecule has 0 saturated heterocycles. The molecule has 0 radical (unpaired) electrons. The Labute approximate surface area is 105 Å². The second-order valence-corrected chi connectivity index (χ2v) is 4.85. The van der Waals surface area contributed by atoms with Crippen molar-refractivity contribution in [3.05, 3.63) is 44.9 Å². The lowest BCUT2D eigenvalue weighted by atomic mass is 10.1. The smallest absolute Gasteiger partial charge is 0.305 e. The Hall–Kier alpha value is -1.39. The molecule has 2 N–H and O–H groups in total. The van der Waals surface area contributed by atoms with Gasteiger partial charge >= 0.3 is 4.87 Å². The highest BCUT2D eigenvalue weighted by molar-refractivity contribution is 7.09. The van der Waals surface area contributed by atoms with E-state index in [-0.39, 0.29) is 4.87 Å². The van der Waals surface area contributed by atoms with E-state index in [2.05, 4.69) is 17.2 Å². The molecule has 0 saturated carbocycles. The number of hydrogen-bond acceptors (Lipinski definition) is 3. The number of hydrogen-bond donors (Lipinski definition) is 2. The summed E-state index contributed by atoms with van der Waals surface area (Å²) in [6.07, 6.45) is 0.890. The molecular weight excluding hydrogens is 232 g/mol. The van der Waals surface area contributed by atoms with Crippen molar-refractivity contribution >= 4 is 11.3 Å². The number of likely N-dealkylation sites (N-methyl/N-ethyl adjacent to an activating group) is 1. The van der Waals surface area contributed by atoms with Crippen molar-refractivity contribution in [2.24, 2.45) is 0 Å². The minimum atomic E-state index is 0.0235. The lowest BCUT2D eigenvalue weighted by Crippen LogP contribution is -2.15. The van der Waals surface area contributed by atoms with Crippen LogP contribution in [0.25, 0.3) is 11.3 Å². The Bertz CT molecular complexity index is 516. The maximum absolute atomic E-state index is 11.5. The van der Waals surface area contributed by atoms with E-state index >= 15 is 0 Å². The molecule has 0 unspecified atom stereocenters. The van der Waals surface area contributed by atoms with Gasteiger partial charge in [0.25, 0.3) is 0 Å². The number of nitrogens with one attached hydrogen (secondary N) is 2. The molecule has 0 spiro atoms. The Kier molecular flexibility index (Phi) is 4.12. The Balaban J connectivity index is 2.25. The molecule has 0 aliphatic carbocycles. The highest BCUT2D eigenvalue weighted by Crippen LogP contribution is 2.22. The number of thiazole rings is 1. The van der Waals surface area contributed by atoms with Crippen molar-refractivity contribution in [3.63, 3.8) is 0 Å². The number of rotatable bonds is 5. The molecule has 4 heteroatoms. The lowest BCUT2D eigenvalue weighted by Gasteiger charge is -2.03. The monoisotopic (exact) mass is 248 g/mol. The molecule has 0 aliphatic rings. The fraction of sp³-hybridized carbons (Fsp3) is 0.308. The van der Waals surface area contributed by atoms with Gasteiger partial charge in [-0.2, -0.15) is 0 Å². The maximum atomic E-state index is 11.5. The van der Waals surface area contributed by atoms with Gasteiger partial charge < -0.3 is 10.3 Å². The van der Waals surface area contributed by atoms with Crippen LogP contribution in [0.5, 0.6) is 0 Å². The van der Waals surface area contributed by atoms with Crippen LogP contribution in [-0.2, 0) is 6.42 Å². The average molecular weight is 248 g/mol. The summed E-state index contributed by atoms with van der Waals surface area (Å²) in [4.78, 5) is 15.5. The zero-order valence-electron chi connectivity index (χ0n) is 9.82. The number of H-pyrrole nitrogens is 1. The van der Waals surface area contributed by atoms with E-state index in [4.69, 9.17) is 0 Å². The Morgan fingerprint density at radius 3 is 2.76 bits per heavy atom. The SMILES string of the molecule is CCNCCc1sc(=O)[nH]c1-c1ccccc1. The molecule has 2 aromatic rings. The predicted molar refractivity (Wildman–Crippen MR) is 72.6 cm³/mol. The van der Waals surface area contributed by atoms with Gasteiger partial charge in [0.2, 0.25) is 0 Å². The van der Waals surface area contributed by atoms with Crippen molar-refractivity contribution in [1.29, 1.82) is 0 Å². The summed E-state index contributed by atoms with van der Waals surface area (Å²) in [6.45, 7) is 3.95. The molecule has 90 valence electrons. The number of aromatic nitrogens is 1. The standard InChI is InChI=1S/C13H16N2OS/c1-2-14-9-8-11-12(15-13(16)17-11)10-6-4-3-5-7-10/h3-7,14H,2,8-9H2,1H3,(H,15,16). The second-order valence-electron chi connectivity index (χ2n) is 3.78. The van der Waals surface area contributed by atoms with Crippen molar-refractivity contribution < 1.29 is 0 Å². The summed E-state index contributed by atoms with van der Waals surface area (Å²) < 4.78 is 0. The van der Waals surface area contributed by atoms with Crippen LogP contribution in [0.3, 0.4) is 0 Å². The van der Waals surface area contributed by atoms with E-state index in [1.54, 1.807) is 0 Å². The first-order valence-corrected chi connectivity index (χ1v) is 6.61. The molecule has 0 fully saturated rings. The summed E-state index contributed by atoms with van der Waals surface area (Å²) >= 11 is 1.31. The quantitative estimate of drug-likeness (QED) is 0.797. The number of aromatic amines is 1. The zero-order valence-corrected chi connectivity index (χ0v) is 10.6. The third-order valence-corrected chi connectivity index (χ3v) is 3.51. The Morgan fingerprint density at radius 2 is 2.06 bits per heavy atom. The van der Waals surface area contributed by atoms with Crippen molar-refractivity contribution in [3.8, 4) is 11.3 Å². The molecular formula is C13H16N2OS. The third kappa shape index (κ3) is 3.05. The fourth-order valence-electron chi connectivity index (χ4n) is 1.75. The van der Waals surface area contributed by atoms with Crippen LogP contribution in [0.4, 0.5) is 0 Å². The minimum Gasteiger partial charge on any atom is -0.317 e. The van der Waals surface area contributed by atoms with Gasteiger partial charge in [-0.05, 0) is 18.5 Å². The van der Waals surface area contributed by atoms with Gasteiger partial charge in [0.05, 0.1) is 5.69 Å². The summed E-state index contributed by atoms with van der Waals surface area (Å²) in [7, 11) is 0. The van der Waals surface area contributed by atoms with E-state index in [0.717, 1.165) is 35.6 Å². The van der Waals surface area contributed by atoms with Crippen LogP contribution in [0.2, 0.25) is 0 Å². The maximum Gasteiger partial charge on any atom is 0.305 e. The van der Waals surface area contributed by atoms with Crippen LogP contribution in [0.1, 0.15) is 11.8 Å². The Morgan fingerprint density at radius 1 is 1.29 bits per heavy atom. The molecule has 0 bridgehead atoms. The van der Waals surface area contributed by atoms with Gasteiger partial charge in [0.1, 0.15) is 0 Å². The van der Waals surface area contributed by atoms with Crippen molar-refractivity contribution in [1.82, 2.24) is 10.3 Å². The van der Waals surface area contributed by atoms with Gasteiger partial charge in [0.15, 0.2) is 0 Å². The normalized spacial score (nSPS) is 10.6. The van der Waals surface area contributed by atoms with E-state index in [9.17, 15) is 4.79 Å². The largest absolute Gasteiger partial charge is 0.317 e. The van der Waals surface area contributed by atoms with Gasteiger partial charge in [-0.1, -0.05) is 48.6 Å². The summed E-state index contributed by atoms with van der Waals surface area (Å²) in [5.41, 5.74) is 2.05. The zero-order chi connectivity index (χ0) is 12.1. The molecule has 0 amide bonds. The molecule has 1 aromatic carbocycles. The fourth-order valence-corrected chi connectivity index (χ4v) is 2.60. The topological polar surface area (TPSA) is 44.9 Å². The van der Waals surface area contributed by atoms with E-state index in [0.29, 0.717) is 0 Å². The van der Waals surface area contributed by atoms with Gasteiger partial charge in [-0.15, -0.1) is 0 Å². The molecule has 2 rings (SSSR count). The van der Waals surface area contributed by atoms with Crippen molar-refractivity contribution in [2.75, 3.05) is 13.1 Å². The molecule has 17 heavy (non-hydrogen) atoms. The molecule has 1 heterocycles. The average Bonchev–Trinajstić information content (AvgIpc) is 2.72. The van der Waals surface area contributed by atoms with Gasteiger partial charge in [-0.3, -0.25) is 4.79 Å². The number of benzene rings is 1. The van der Waals surface area contributed by atoms with Crippen LogP contribution in [0, 0.1) is 0 Å². The molecule has 0 atom stereocenters. The highest BCUT2D eigenvalue weighted by atomic mass is 32.1. The van der Waals surface area contributed by atoms with Crippen LogP contribution >= 0.6 is 11.3 Å². The van der Waals surface area contributed by atoms with Crippen LogP contribution in [0.15, 0.2) is 35.1 Å². The second kappa shape index (κ2) is 5.80. The molecule has 0 aliphatic heterocycles. The van der Waals surface area contributed by atoms with Crippen LogP contribution in [-0.4, -0.2) is 18.1 Å². The molecule has 3 nitrogen and oxygen atoms in total. The summed E-state index contributed by atoms with van der Waals surface area (Å²) in [5, 5.41) is 3.28. The van der Waals surface area contributed by atoms with Crippen molar-refractivity contribution in [2.45, 2.75) is 13.3 Å².